The standard InChI is InChI=1S/C21H16N4O4/c1-12-18-16(24(26)27)9-14-7-8-15-10-17(25(28)29)21(20(18)19(14)15)23(22-12)11-13-5-3-2-4-6-13/h2-6,9-10H,7-8,11H2,1H3. The van der Waals surface area contributed by atoms with Crippen molar-refractivity contribution >= 4 is 33.5 Å². The van der Waals surface area contributed by atoms with Gasteiger partial charge in [-0.15, -0.1) is 0 Å². The van der Waals surface area contributed by atoms with Crippen LogP contribution in [0.15, 0.2) is 47.6 Å². The van der Waals surface area contributed by atoms with Crippen LogP contribution in [0.1, 0.15) is 29.2 Å². The van der Waals surface area contributed by atoms with Gasteiger partial charge in [0.25, 0.3) is 11.4 Å². The van der Waals surface area contributed by atoms with Crippen LogP contribution in [0.3, 0.4) is 0 Å². The molecule has 0 spiro atoms. The maximum atomic E-state index is 11.9. The van der Waals surface area contributed by atoms with Gasteiger partial charge in [-0.3, -0.25) is 25.2 Å². The number of hydrazone groups is 1. The Morgan fingerprint density at radius 3 is 2.21 bits per heavy atom. The second kappa shape index (κ2) is 6.10. The van der Waals surface area contributed by atoms with Gasteiger partial charge in [-0.1, -0.05) is 30.3 Å². The molecule has 0 amide bonds. The summed E-state index contributed by atoms with van der Waals surface area (Å²) in [6.07, 6.45) is 1.28. The van der Waals surface area contributed by atoms with Crippen LogP contribution in [0.5, 0.6) is 0 Å². The molecule has 0 saturated carbocycles. The number of hydrogen-bond donors (Lipinski definition) is 0. The van der Waals surface area contributed by atoms with Crippen molar-refractivity contribution in [2.75, 3.05) is 5.01 Å². The summed E-state index contributed by atoms with van der Waals surface area (Å²) >= 11 is 0. The van der Waals surface area contributed by atoms with E-state index >= 15 is 0 Å². The lowest BCUT2D eigenvalue weighted by Gasteiger charge is -2.27. The van der Waals surface area contributed by atoms with Crippen molar-refractivity contribution in [3.8, 4) is 0 Å². The molecule has 0 atom stereocenters. The van der Waals surface area contributed by atoms with E-state index in [0.717, 1.165) is 22.1 Å². The van der Waals surface area contributed by atoms with E-state index in [0.29, 0.717) is 41.7 Å². The number of rotatable bonds is 4. The van der Waals surface area contributed by atoms with Crippen molar-refractivity contribution in [1.82, 2.24) is 0 Å². The van der Waals surface area contributed by atoms with Crippen LogP contribution in [0.2, 0.25) is 0 Å². The first-order chi connectivity index (χ1) is 14.0. The summed E-state index contributed by atoms with van der Waals surface area (Å²) in [5.41, 5.74) is 3.80. The molecule has 0 radical (unpaired) electrons. The number of hydrogen-bond acceptors (Lipinski definition) is 6. The quantitative estimate of drug-likeness (QED) is 0.484. The molecule has 8 nitrogen and oxygen atoms in total. The van der Waals surface area contributed by atoms with E-state index in [2.05, 4.69) is 5.10 Å². The van der Waals surface area contributed by atoms with E-state index in [1.165, 1.54) is 0 Å². The Kier molecular flexibility index (Phi) is 3.64. The van der Waals surface area contributed by atoms with Crippen LogP contribution in [-0.2, 0) is 19.4 Å². The van der Waals surface area contributed by atoms with E-state index in [1.54, 1.807) is 24.1 Å². The molecule has 5 rings (SSSR count). The molecule has 144 valence electrons. The van der Waals surface area contributed by atoms with Crippen molar-refractivity contribution in [3.63, 3.8) is 0 Å². The summed E-state index contributed by atoms with van der Waals surface area (Å²) in [4.78, 5) is 22.9. The van der Waals surface area contributed by atoms with Gasteiger partial charge in [0.05, 0.1) is 27.7 Å². The van der Waals surface area contributed by atoms with Gasteiger partial charge in [-0.2, -0.15) is 5.10 Å². The summed E-state index contributed by atoms with van der Waals surface area (Å²) in [5.74, 6) is 0. The predicted molar refractivity (Wildman–Crippen MR) is 110 cm³/mol. The molecule has 29 heavy (non-hydrogen) atoms. The highest BCUT2D eigenvalue weighted by Crippen LogP contribution is 2.49. The van der Waals surface area contributed by atoms with Crippen molar-refractivity contribution < 1.29 is 9.85 Å². The summed E-state index contributed by atoms with van der Waals surface area (Å²) in [6, 6.07) is 12.8. The van der Waals surface area contributed by atoms with Gasteiger partial charge in [0.15, 0.2) is 0 Å². The molecule has 0 aromatic heterocycles. The molecule has 3 aromatic carbocycles. The maximum Gasteiger partial charge on any atom is 0.295 e. The third kappa shape index (κ3) is 2.49. The van der Waals surface area contributed by atoms with Gasteiger partial charge in [0.2, 0.25) is 0 Å². The lowest BCUT2D eigenvalue weighted by molar-refractivity contribution is -0.385. The van der Waals surface area contributed by atoms with Crippen LogP contribution in [0, 0.1) is 20.2 Å². The minimum Gasteiger partial charge on any atom is -0.258 e. The third-order valence-electron chi connectivity index (χ3n) is 5.62. The molecular formula is C21H16N4O4. The highest BCUT2D eigenvalue weighted by atomic mass is 16.6. The molecule has 1 aliphatic heterocycles. The summed E-state index contributed by atoms with van der Waals surface area (Å²) in [7, 11) is 0. The Bertz CT molecular complexity index is 1240. The molecule has 1 aliphatic carbocycles. The zero-order valence-electron chi connectivity index (χ0n) is 15.6. The number of benzene rings is 3. The predicted octanol–water partition coefficient (Wildman–Crippen LogP) is 4.50. The van der Waals surface area contributed by atoms with E-state index in [1.807, 2.05) is 30.3 Å². The second-order valence-electron chi connectivity index (χ2n) is 7.33. The van der Waals surface area contributed by atoms with Crippen LogP contribution in [0.25, 0.3) is 10.8 Å². The van der Waals surface area contributed by atoms with Crippen LogP contribution < -0.4 is 5.01 Å². The van der Waals surface area contributed by atoms with Crippen molar-refractivity contribution in [1.29, 1.82) is 0 Å². The Labute approximate surface area is 165 Å². The lowest BCUT2D eigenvalue weighted by atomic mass is 9.92. The minimum absolute atomic E-state index is 0.0392. The highest BCUT2D eigenvalue weighted by molar-refractivity contribution is 6.21. The number of nitro benzene ring substituents is 2. The average molecular weight is 388 g/mol. The first-order valence-electron chi connectivity index (χ1n) is 9.27. The molecule has 0 fully saturated rings. The fourth-order valence-corrected chi connectivity index (χ4v) is 4.49. The molecule has 8 heteroatoms. The molecule has 0 unspecified atom stereocenters. The summed E-state index contributed by atoms with van der Waals surface area (Å²) < 4.78 is 0. The van der Waals surface area contributed by atoms with Gasteiger partial charge < -0.3 is 0 Å². The van der Waals surface area contributed by atoms with Crippen molar-refractivity contribution in [3.05, 3.63) is 84.9 Å². The van der Waals surface area contributed by atoms with Gasteiger partial charge >= 0.3 is 0 Å². The largest absolute Gasteiger partial charge is 0.295 e. The zero-order valence-corrected chi connectivity index (χ0v) is 15.6. The summed E-state index contributed by atoms with van der Waals surface area (Å²) in [5, 5.41) is 31.4. The minimum atomic E-state index is -0.419. The van der Waals surface area contributed by atoms with E-state index < -0.39 is 9.85 Å². The smallest absolute Gasteiger partial charge is 0.258 e. The fraction of sp³-hybridized carbons (Fsp3) is 0.190. The molecular weight excluding hydrogens is 372 g/mol. The van der Waals surface area contributed by atoms with E-state index in [-0.39, 0.29) is 11.4 Å². The first kappa shape index (κ1) is 17.3. The van der Waals surface area contributed by atoms with Crippen LogP contribution in [0.4, 0.5) is 17.1 Å². The normalized spacial score (nSPS) is 14.2. The second-order valence-corrected chi connectivity index (χ2v) is 7.33. The Morgan fingerprint density at radius 1 is 0.966 bits per heavy atom. The van der Waals surface area contributed by atoms with Crippen LogP contribution in [-0.4, -0.2) is 15.6 Å². The maximum absolute atomic E-state index is 11.9. The zero-order chi connectivity index (χ0) is 20.3. The summed E-state index contributed by atoms with van der Waals surface area (Å²) in [6.45, 7) is 2.06. The number of aryl methyl sites for hydroxylation is 2. The number of anilines is 1. The number of nitrogens with zero attached hydrogens (tertiary/aromatic N) is 4. The number of nitro groups is 2. The van der Waals surface area contributed by atoms with E-state index in [9.17, 15) is 20.2 Å². The van der Waals surface area contributed by atoms with Gasteiger partial charge in [-0.25, -0.2) is 0 Å². The molecule has 0 saturated heterocycles. The molecule has 3 aromatic rings. The topological polar surface area (TPSA) is 102 Å². The molecule has 2 aliphatic rings. The average Bonchev–Trinajstić information content (AvgIpc) is 3.11. The molecule has 1 heterocycles. The van der Waals surface area contributed by atoms with Gasteiger partial charge in [0.1, 0.15) is 5.69 Å². The van der Waals surface area contributed by atoms with Crippen LogP contribution >= 0.6 is 0 Å². The lowest BCUT2D eigenvalue weighted by Crippen LogP contribution is -2.24. The fourth-order valence-electron chi connectivity index (χ4n) is 4.49. The molecule has 0 N–H and O–H groups in total. The Morgan fingerprint density at radius 2 is 1.59 bits per heavy atom. The highest BCUT2D eigenvalue weighted by Gasteiger charge is 2.36. The third-order valence-corrected chi connectivity index (χ3v) is 5.62. The van der Waals surface area contributed by atoms with Crippen molar-refractivity contribution in [2.24, 2.45) is 5.10 Å². The monoisotopic (exact) mass is 388 g/mol. The van der Waals surface area contributed by atoms with Gasteiger partial charge in [0, 0.05) is 17.5 Å². The Balaban J connectivity index is 1.87. The van der Waals surface area contributed by atoms with Gasteiger partial charge in [-0.05, 0) is 41.8 Å². The Hall–Kier alpha value is -3.81. The SMILES string of the molecule is CC1=NN(Cc2ccccc2)c2c([N+](=O)[O-])cc3c4c(cc([N+](=O)[O-])c1c24)CC3. The van der Waals surface area contributed by atoms with E-state index in [4.69, 9.17) is 0 Å². The van der Waals surface area contributed by atoms with Crippen molar-refractivity contribution in [2.45, 2.75) is 26.3 Å². The molecule has 0 bridgehead atoms. The first-order valence-corrected chi connectivity index (χ1v) is 9.27.